The number of hydrogen-bond donors (Lipinski definition) is 2. The van der Waals surface area contributed by atoms with Crippen LogP contribution in [-0.2, 0) is 0 Å². The van der Waals surface area contributed by atoms with Crippen LogP contribution in [0.25, 0.3) is 10.9 Å². The second-order valence-electron chi connectivity index (χ2n) is 3.59. The van der Waals surface area contributed by atoms with Gasteiger partial charge in [0.15, 0.2) is 0 Å². The van der Waals surface area contributed by atoms with Crippen LogP contribution >= 0.6 is 0 Å². The summed E-state index contributed by atoms with van der Waals surface area (Å²) in [6.45, 7) is 1.64. The molecule has 0 fully saturated rings. The zero-order chi connectivity index (χ0) is 11.5. The number of carbonyl (C=O) groups excluding carboxylic acids is 1. The third kappa shape index (κ3) is 1.89. The van der Waals surface area contributed by atoms with E-state index in [1.807, 2.05) is 30.3 Å². The highest BCUT2D eigenvalue weighted by Crippen LogP contribution is 2.14. The van der Waals surface area contributed by atoms with Crippen molar-refractivity contribution in [1.82, 2.24) is 10.3 Å². The van der Waals surface area contributed by atoms with Crippen molar-refractivity contribution >= 4 is 16.8 Å². The highest BCUT2D eigenvalue weighted by Gasteiger charge is 2.11. The molecule has 1 amide bonds. The Balaban J connectivity index is 2.27. The predicted octanol–water partition coefficient (Wildman–Crippen LogP) is 1.81. The molecular weight excluding hydrogens is 202 g/mol. The van der Waals surface area contributed by atoms with E-state index in [-0.39, 0.29) is 5.91 Å². The minimum absolute atomic E-state index is 0.259. The quantitative estimate of drug-likeness (QED) is 0.798. The van der Waals surface area contributed by atoms with Crippen LogP contribution in [0.4, 0.5) is 0 Å². The molecule has 0 unspecified atom stereocenters. The maximum Gasteiger partial charge on any atom is 0.268 e. The number of amides is 1. The Hall–Kier alpha value is -2.28. The van der Waals surface area contributed by atoms with Gasteiger partial charge < -0.3 is 10.3 Å². The van der Waals surface area contributed by atoms with Gasteiger partial charge in [-0.2, -0.15) is 5.26 Å². The van der Waals surface area contributed by atoms with E-state index in [0.717, 1.165) is 10.9 Å². The second kappa shape index (κ2) is 4.07. The molecule has 0 aliphatic rings. The van der Waals surface area contributed by atoms with Crippen molar-refractivity contribution in [2.75, 3.05) is 0 Å². The number of aromatic amines is 1. The Morgan fingerprint density at radius 1 is 1.50 bits per heavy atom. The van der Waals surface area contributed by atoms with Gasteiger partial charge in [-0.25, -0.2) is 0 Å². The highest BCUT2D eigenvalue weighted by atomic mass is 16.1. The summed E-state index contributed by atoms with van der Waals surface area (Å²) < 4.78 is 0. The number of nitriles is 1. The van der Waals surface area contributed by atoms with Crippen LogP contribution in [0.15, 0.2) is 30.3 Å². The van der Waals surface area contributed by atoms with Crippen LogP contribution in [0.2, 0.25) is 0 Å². The van der Waals surface area contributed by atoms with Crippen LogP contribution in [0.3, 0.4) is 0 Å². The van der Waals surface area contributed by atoms with E-state index < -0.39 is 6.04 Å². The lowest BCUT2D eigenvalue weighted by molar-refractivity contribution is 0.0943. The third-order valence-corrected chi connectivity index (χ3v) is 2.32. The van der Waals surface area contributed by atoms with Gasteiger partial charge in [-0.3, -0.25) is 4.79 Å². The summed E-state index contributed by atoms with van der Waals surface area (Å²) in [5.74, 6) is -0.259. The van der Waals surface area contributed by atoms with Gasteiger partial charge in [0.05, 0.1) is 6.07 Å². The van der Waals surface area contributed by atoms with E-state index in [0.29, 0.717) is 5.69 Å². The minimum Gasteiger partial charge on any atom is -0.351 e. The zero-order valence-corrected chi connectivity index (χ0v) is 8.82. The molecule has 1 atom stereocenters. The molecule has 4 nitrogen and oxygen atoms in total. The van der Waals surface area contributed by atoms with Crippen LogP contribution < -0.4 is 5.32 Å². The van der Waals surface area contributed by atoms with E-state index in [1.54, 1.807) is 13.0 Å². The summed E-state index contributed by atoms with van der Waals surface area (Å²) in [5, 5.41) is 12.2. The van der Waals surface area contributed by atoms with Crippen molar-refractivity contribution in [3.05, 3.63) is 36.0 Å². The van der Waals surface area contributed by atoms with Crippen molar-refractivity contribution in [2.24, 2.45) is 0 Å². The van der Waals surface area contributed by atoms with Crippen molar-refractivity contribution in [1.29, 1.82) is 5.26 Å². The Morgan fingerprint density at radius 2 is 2.25 bits per heavy atom. The van der Waals surface area contributed by atoms with Gasteiger partial charge in [-0.1, -0.05) is 18.2 Å². The monoisotopic (exact) mass is 213 g/mol. The van der Waals surface area contributed by atoms with Crippen LogP contribution in [0.5, 0.6) is 0 Å². The molecule has 2 rings (SSSR count). The average molecular weight is 213 g/mol. The van der Waals surface area contributed by atoms with Crippen molar-refractivity contribution < 1.29 is 4.79 Å². The smallest absolute Gasteiger partial charge is 0.268 e. The highest BCUT2D eigenvalue weighted by molar-refractivity contribution is 5.98. The maximum absolute atomic E-state index is 11.7. The summed E-state index contributed by atoms with van der Waals surface area (Å²) in [6.07, 6.45) is 0. The molecule has 1 heterocycles. The van der Waals surface area contributed by atoms with Crippen LogP contribution in [0.1, 0.15) is 17.4 Å². The van der Waals surface area contributed by atoms with Crippen LogP contribution in [-0.4, -0.2) is 16.9 Å². The summed E-state index contributed by atoms with van der Waals surface area (Å²) in [6, 6.07) is 10.9. The minimum atomic E-state index is -0.487. The Morgan fingerprint density at radius 3 is 2.94 bits per heavy atom. The van der Waals surface area contributed by atoms with Crippen molar-refractivity contribution in [3.8, 4) is 6.07 Å². The predicted molar refractivity (Wildman–Crippen MR) is 60.8 cm³/mol. The molecule has 80 valence electrons. The fourth-order valence-corrected chi connectivity index (χ4v) is 1.50. The molecule has 4 heteroatoms. The lowest BCUT2D eigenvalue weighted by Crippen LogP contribution is -2.31. The number of nitrogens with zero attached hydrogens (tertiary/aromatic N) is 1. The van der Waals surface area contributed by atoms with E-state index >= 15 is 0 Å². The largest absolute Gasteiger partial charge is 0.351 e. The van der Waals surface area contributed by atoms with Gasteiger partial charge in [-0.15, -0.1) is 0 Å². The first kappa shape index (κ1) is 10.2. The van der Waals surface area contributed by atoms with E-state index in [4.69, 9.17) is 5.26 Å². The maximum atomic E-state index is 11.7. The molecule has 2 N–H and O–H groups in total. The first-order valence-electron chi connectivity index (χ1n) is 4.99. The van der Waals surface area contributed by atoms with Crippen LogP contribution in [0, 0.1) is 11.3 Å². The van der Waals surface area contributed by atoms with E-state index in [2.05, 4.69) is 10.3 Å². The first-order valence-corrected chi connectivity index (χ1v) is 4.99. The van der Waals surface area contributed by atoms with Gasteiger partial charge in [-0.05, 0) is 19.1 Å². The second-order valence-corrected chi connectivity index (χ2v) is 3.59. The topological polar surface area (TPSA) is 68.7 Å². The number of fused-ring (bicyclic) bond motifs is 1. The lowest BCUT2D eigenvalue weighted by Gasteiger charge is -2.03. The van der Waals surface area contributed by atoms with Gasteiger partial charge in [0, 0.05) is 10.9 Å². The van der Waals surface area contributed by atoms with E-state index in [1.165, 1.54) is 0 Å². The molecule has 0 spiro atoms. The Kier molecular flexibility index (Phi) is 2.61. The fraction of sp³-hybridized carbons (Fsp3) is 0.167. The summed E-state index contributed by atoms with van der Waals surface area (Å²) in [7, 11) is 0. The molecule has 0 aliphatic heterocycles. The zero-order valence-electron chi connectivity index (χ0n) is 8.82. The van der Waals surface area contributed by atoms with Gasteiger partial charge in [0.1, 0.15) is 11.7 Å². The fourth-order valence-electron chi connectivity index (χ4n) is 1.50. The summed E-state index contributed by atoms with van der Waals surface area (Å²) in [5.41, 5.74) is 1.39. The lowest BCUT2D eigenvalue weighted by atomic mass is 10.2. The molecule has 0 saturated heterocycles. The standard InChI is InChI=1S/C12H11N3O/c1-8(7-13)14-12(16)11-6-9-4-2-3-5-10(9)15-11/h2-6,8,15H,1H3,(H,14,16)/t8-/m0/s1. The molecule has 0 bridgehead atoms. The average Bonchev–Trinajstić information content (AvgIpc) is 2.72. The molecule has 0 aliphatic carbocycles. The number of aromatic nitrogens is 1. The molecule has 1 aromatic heterocycles. The normalized spacial score (nSPS) is 12.0. The number of nitrogens with one attached hydrogen (secondary N) is 2. The van der Waals surface area contributed by atoms with E-state index in [9.17, 15) is 4.79 Å². The summed E-state index contributed by atoms with van der Waals surface area (Å²) >= 11 is 0. The van der Waals surface area contributed by atoms with Gasteiger partial charge >= 0.3 is 0 Å². The third-order valence-electron chi connectivity index (χ3n) is 2.32. The first-order chi connectivity index (χ1) is 7.70. The molecular formula is C12H11N3O. The molecule has 1 aromatic carbocycles. The number of carbonyl (C=O) groups is 1. The van der Waals surface area contributed by atoms with Crippen molar-refractivity contribution in [3.63, 3.8) is 0 Å². The Bertz CT molecular complexity index is 532. The number of para-hydroxylation sites is 1. The number of H-pyrrole nitrogens is 1. The molecule has 0 saturated carbocycles. The molecule has 2 aromatic rings. The molecule has 0 radical (unpaired) electrons. The number of rotatable bonds is 2. The van der Waals surface area contributed by atoms with Crippen molar-refractivity contribution in [2.45, 2.75) is 13.0 Å². The Labute approximate surface area is 92.9 Å². The molecule has 16 heavy (non-hydrogen) atoms. The summed E-state index contributed by atoms with van der Waals surface area (Å²) in [4.78, 5) is 14.7. The number of benzene rings is 1. The van der Waals surface area contributed by atoms with Gasteiger partial charge in [0.2, 0.25) is 0 Å². The van der Waals surface area contributed by atoms with Gasteiger partial charge in [0.25, 0.3) is 5.91 Å². The number of hydrogen-bond acceptors (Lipinski definition) is 2. The SMILES string of the molecule is C[C@@H](C#N)NC(=O)c1cc2ccccc2[nH]1.